The molecule has 2 aromatic carbocycles. The second-order valence-corrected chi connectivity index (χ2v) is 7.70. The van der Waals surface area contributed by atoms with E-state index in [1.807, 2.05) is 32.9 Å². The van der Waals surface area contributed by atoms with Crippen LogP contribution >= 0.6 is 23.2 Å². The maximum atomic E-state index is 13.0. The number of nitrogens with zero attached hydrogens (tertiary/aromatic N) is 1. The molecule has 7 heteroatoms. The smallest absolute Gasteiger partial charge is 0.261 e. The summed E-state index contributed by atoms with van der Waals surface area (Å²) in [6.45, 7) is 7.85. The molecule has 5 nitrogen and oxygen atoms in total. The van der Waals surface area contributed by atoms with Crippen molar-refractivity contribution in [2.75, 3.05) is 13.2 Å². The maximum absolute atomic E-state index is 13.0. The van der Waals surface area contributed by atoms with Gasteiger partial charge >= 0.3 is 0 Å². The van der Waals surface area contributed by atoms with Crippen LogP contribution in [0.2, 0.25) is 10.0 Å². The molecule has 0 spiro atoms. The quantitative estimate of drug-likeness (QED) is 0.660. The number of aryl methyl sites for hydroxylation is 2. The van der Waals surface area contributed by atoms with Crippen molar-refractivity contribution in [1.82, 2.24) is 10.2 Å². The topological polar surface area (TPSA) is 58.6 Å². The van der Waals surface area contributed by atoms with E-state index >= 15 is 0 Å². The summed E-state index contributed by atoms with van der Waals surface area (Å²) in [5.41, 5.74) is 2.58. The molecule has 0 aliphatic heterocycles. The zero-order valence-corrected chi connectivity index (χ0v) is 18.6. The molecule has 156 valence electrons. The second-order valence-electron chi connectivity index (χ2n) is 6.88. The Labute approximate surface area is 181 Å². The van der Waals surface area contributed by atoms with Gasteiger partial charge < -0.3 is 15.0 Å². The lowest BCUT2D eigenvalue weighted by atomic mass is 10.1. The average Bonchev–Trinajstić information content (AvgIpc) is 2.68. The molecule has 2 amide bonds. The van der Waals surface area contributed by atoms with E-state index < -0.39 is 6.04 Å². The number of carbonyl (C=O) groups is 2. The van der Waals surface area contributed by atoms with Gasteiger partial charge in [0.05, 0.1) is 0 Å². The van der Waals surface area contributed by atoms with Gasteiger partial charge in [-0.1, -0.05) is 35.3 Å². The molecule has 2 aromatic rings. The zero-order valence-electron chi connectivity index (χ0n) is 17.1. The van der Waals surface area contributed by atoms with Crippen LogP contribution in [0.4, 0.5) is 0 Å². The van der Waals surface area contributed by atoms with Gasteiger partial charge in [-0.25, -0.2) is 0 Å². The van der Waals surface area contributed by atoms with Crippen LogP contribution in [0.1, 0.15) is 30.5 Å². The van der Waals surface area contributed by atoms with Crippen LogP contribution in [0.25, 0.3) is 0 Å². The Morgan fingerprint density at radius 3 is 2.38 bits per heavy atom. The molecular formula is C22H26Cl2N2O3. The van der Waals surface area contributed by atoms with Gasteiger partial charge in [-0.2, -0.15) is 0 Å². The van der Waals surface area contributed by atoms with Gasteiger partial charge in [0.1, 0.15) is 11.8 Å². The Balaban J connectivity index is 2.18. The fourth-order valence-electron chi connectivity index (χ4n) is 2.95. The van der Waals surface area contributed by atoms with Crippen LogP contribution in [-0.2, 0) is 16.1 Å². The lowest BCUT2D eigenvalue weighted by molar-refractivity contribution is -0.142. The summed E-state index contributed by atoms with van der Waals surface area (Å²) in [5, 5.41) is 4.01. The Morgan fingerprint density at radius 1 is 1.14 bits per heavy atom. The fourth-order valence-corrected chi connectivity index (χ4v) is 3.28. The summed E-state index contributed by atoms with van der Waals surface area (Å²) in [4.78, 5) is 26.8. The van der Waals surface area contributed by atoms with Crippen LogP contribution < -0.4 is 10.1 Å². The van der Waals surface area contributed by atoms with E-state index in [0.717, 1.165) is 16.7 Å². The number of ether oxygens (including phenoxy) is 1. The van der Waals surface area contributed by atoms with E-state index in [4.69, 9.17) is 27.9 Å². The fraction of sp³-hybridized carbons (Fsp3) is 0.364. The van der Waals surface area contributed by atoms with Gasteiger partial charge in [-0.15, -0.1) is 0 Å². The van der Waals surface area contributed by atoms with Crippen molar-refractivity contribution in [3.8, 4) is 5.75 Å². The van der Waals surface area contributed by atoms with Crippen molar-refractivity contribution in [3.63, 3.8) is 0 Å². The van der Waals surface area contributed by atoms with E-state index in [-0.39, 0.29) is 25.0 Å². The lowest BCUT2D eigenvalue weighted by Gasteiger charge is -2.28. The van der Waals surface area contributed by atoms with Crippen molar-refractivity contribution in [2.24, 2.45) is 0 Å². The van der Waals surface area contributed by atoms with Crippen molar-refractivity contribution in [2.45, 2.75) is 40.3 Å². The van der Waals surface area contributed by atoms with Gasteiger partial charge in [0, 0.05) is 23.1 Å². The highest BCUT2D eigenvalue weighted by atomic mass is 35.5. The predicted octanol–water partition coefficient (Wildman–Crippen LogP) is 4.54. The maximum Gasteiger partial charge on any atom is 0.261 e. The molecule has 0 heterocycles. The molecule has 2 rings (SSSR count). The van der Waals surface area contributed by atoms with Crippen molar-refractivity contribution in [1.29, 1.82) is 0 Å². The van der Waals surface area contributed by atoms with Gasteiger partial charge in [-0.05, 0) is 68.7 Å². The molecule has 0 aliphatic carbocycles. The molecule has 1 N–H and O–H groups in total. The molecular weight excluding hydrogens is 411 g/mol. The van der Waals surface area contributed by atoms with E-state index in [1.54, 1.807) is 31.2 Å². The minimum atomic E-state index is -0.654. The lowest BCUT2D eigenvalue weighted by Crippen LogP contribution is -2.49. The van der Waals surface area contributed by atoms with Crippen molar-refractivity contribution in [3.05, 3.63) is 63.1 Å². The summed E-state index contributed by atoms with van der Waals surface area (Å²) >= 11 is 12.3. The van der Waals surface area contributed by atoms with Crippen LogP contribution in [0.5, 0.6) is 5.75 Å². The number of likely N-dealkylation sites (N-methyl/N-ethyl adjacent to an activating group) is 1. The van der Waals surface area contributed by atoms with Gasteiger partial charge in [0.2, 0.25) is 5.91 Å². The van der Waals surface area contributed by atoms with Gasteiger partial charge in [0.25, 0.3) is 5.91 Å². The standard InChI is InChI=1S/C22H26Cl2N2O3/c1-5-25-22(28)16(4)26(12-17-7-6-8-18(23)11-17)20(27)13-29-19-9-14(2)21(24)15(3)10-19/h6-11,16H,5,12-13H2,1-4H3,(H,25,28)/t16-/m0/s1. The Kier molecular flexibility index (Phi) is 8.35. The largest absolute Gasteiger partial charge is 0.484 e. The highest BCUT2D eigenvalue weighted by Crippen LogP contribution is 2.26. The van der Waals surface area contributed by atoms with Gasteiger partial charge in [0.15, 0.2) is 6.61 Å². The number of rotatable bonds is 8. The molecule has 0 radical (unpaired) electrons. The second kappa shape index (κ2) is 10.5. The van der Waals surface area contributed by atoms with Crippen LogP contribution in [0.3, 0.4) is 0 Å². The van der Waals surface area contributed by atoms with Gasteiger partial charge in [-0.3, -0.25) is 9.59 Å². The molecule has 0 saturated carbocycles. The predicted molar refractivity (Wildman–Crippen MR) is 117 cm³/mol. The Morgan fingerprint density at radius 2 is 1.79 bits per heavy atom. The summed E-state index contributed by atoms with van der Waals surface area (Å²) in [6, 6.07) is 10.1. The average molecular weight is 437 g/mol. The summed E-state index contributed by atoms with van der Waals surface area (Å²) in [6.07, 6.45) is 0. The summed E-state index contributed by atoms with van der Waals surface area (Å²) < 4.78 is 5.71. The van der Waals surface area contributed by atoms with Crippen LogP contribution in [0, 0.1) is 13.8 Å². The molecule has 1 atom stereocenters. The Hall–Kier alpha value is -2.24. The Bertz CT molecular complexity index is 863. The molecule has 0 aliphatic rings. The molecule has 0 aromatic heterocycles. The van der Waals surface area contributed by atoms with Crippen LogP contribution in [0.15, 0.2) is 36.4 Å². The molecule has 0 fully saturated rings. The third-order valence-electron chi connectivity index (χ3n) is 4.53. The number of hydrogen-bond acceptors (Lipinski definition) is 3. The monoisotopic (exact) mass is 436 g/mol. The number of hydrogen-bond donors (Lipinski definition) is 1. The first kappa shape index (κ1) is 23.0. The molecule has 29 heavy (non-hydrogen) atoms. The van der Waals surface area contributed by atoms with E-state index in [2.05, 4.69) is 5.32 Å². The first-order chi connectivity index (χ1) is 13.7. The van der Waals surface area contributed by atoms with Crippen molar-refractivity contribution >= 4 is 35.0 Å². The van der Waals surface area contributed by atoms with E-state index in [1.165, 1.54) is 4.90 Å². The first-order valence-corrected chi connectivity index (χ1v) is 10.2. The summed E-state index contributed by atoms with van der Waals surface area (Å²) in [7, 11) is 0. The number of nitrogens with one attached hydrogen (secondary N) is 1. The highest BCUT2D eigenvalue weighted by Gasteiger charge is 2.26. The van der Waals surface area contributed by atoms with E-state index in [0.29, 0.717) is 22.3 Å². The third-order valence-corrected chi connectivity index (χ3v) is 5.36. The number of carbonyl (C=O) groups excluding carboxylic acids is 2. The number of amides is 2. The minimum absolute atomic E-state index is 0.190. The summed E-state index contributed by atoms with van der Waals surface area (Å²) in [5.74, 6) is 0.0427. The van der Waals surface area contributed by atoms with Crippen molar-refractivity contribution < 1.29 is 14.3 Å². The molecule has 0 bridgehead atoms. The number of benzene rings is 2. The minimum Gasteiger partial charge on any atom is -0.484 e. The normalized spacial score (nSPS) is 11.7. The van der Waals surface area contributed by atoms with Crippen LogP contribution in [-0.4, -0.2) is 35.9 Å². The third kappa shape index (κ3) is 6.38. The zero-order chi connectivity index (χ0) is 21.6. The SMILES string of the molecule is CCNC(=O)[C@H](C)N(Cc1cccc(Cl)c1)C(=O)COc1cc(C)c(Cl)c(C)c1. The number of halogens is 2. The molecule has 0 saturated heterocycles. The highest BCUT2D eigenvalue weighted by molar-refractivity contribution is 6.32. The van der Waals surface area contributed by atoms with E-state index in [9.17, 15) is 9.59 Å². The molecule has 0 unspecified atom stereocenters. The first-order valence-electron chi connectivity index (χ1n) is 9.44.